The van der Waals surface area contributed by atoms with E-state index >= 15 is 0 Å². The van der Waals surface area contributed by atoms with Crippen molar-refractivity contribution < 1.29 is 0 Å². The Labute approximate surface area is 133 Å². The Morgan fingerprint density at radius 3 is 2.35 bits per heavy atom. The topological polar surface area (TPSA) is 75.3 Å². The zero-order valence-electron chi connectivity index (χ0n) is 13.2. The predicted octanol–water partition coefficient (Wildman–Crippen LogP) is 0.858. The van der Waals surface area contributed by atoms with Crippen LogP contribution in [0.15, 0.2) is 24.5 Å². The Hall–Kier alpha value is -2.77. The number of piperazine rings is 1. The fourth-order valence-electron chi connectivity index (χ4n) is 2.82. The van der Waals surface area contributed by atoms with Crippen molar-refractivity contribution in [2.24, 2.45) is 0 Å². The van der Waals surface area contributed by atoms with Crippen LogP contribution in [-0.2, 0) is 0 Å². The molecule has 0 radical (unpaired) electrons. The molecule has 1 fully saturated rings. The van der Waals surface area contributed by atoms with E-state index in [1.165, 1.54) is 0 Å². The minimum Gasteiger partial charge on any atom is -0.352 e. The average molecular weight is 310 g/mol. The first-order valence-corrected chi connectivity index (χ1v) is 7.68. The number of fused-ring (bicyclic) bond motifs is 1. The zero-order valence-corrected chi connectivity index (χ0v) is 13.2. The van der Waals surface area contributed by atoms with Gasteiger partial charge in [-0.1, -0.05) is 0 Å². The Kier molecular flexibility index (Phi) is 3.29. The normalized spacial score (nSPS) is 15.4. The van der Waals surface area contributed by atoms with E-state index in [2.05, 4.69) is 35.1 Å². The summed E-state index contributed by atoms with van der Waals surface area (Å²) in [5.74, 6) is 2.70. The summed E-state index contributed by atoms with van der Waals surface area (Å²) in [6.07, 6.45) is 3.61. The largest absolute Gasteiger partial charge is 0.352 e. The minimum absolute atomic E-state index is 0.778. The smallest absolute Gasteiger partial charge is 0.178 e. The van der Waals surface area contributed by atoms with Crippen molar-refractivity contribution in [2.45, 2.75) is 13.8 Å². The minimum atomic E-state index is 0.778. The summed E-state index contributed by atoms with van der Waals surface area (Å²) in [6.45, 7) is 7.47. The highest BCUT2D eigenvalue weighted by atomic mass is 15.4. The highest BCUT2D eigenvalue weighted by Crippen LogP contribution is 2.17. The lowest BCUT2D eigenvalue weighted by molar-refractivity contribution is 0.633. The molecule has 8 heteroatoms. The molecule has 0 spiro atoms. The van der Waals surface area contributed by atoms with Crippen LogP contribution in [0.1, 0.15) is 11.5 Å². The van der Waals surface area contributed by atoms with Gasteiger partial charge in [-0.25, -0.2) is 4.98 Å². The van der Waals surface area contributed by atoms with E-state index in [9.17, 15) is 0 Å². The summed E-state index contributed by atoms with van der Waals surface area (Å²) < 4.78 is 1.79. The number of nitrogens with zero attached hydrogens (tertiary/aromatic N) is 8. The van der Waals surface area contributed by atoms with E-state index in [0.29, 0.717) is 0 Å². The average Bonchev–Trinajstić information content (AvgIpc) is 2.96. The van der Waals surface area contributed by atoms with E-state index in [1.54, 1.807) is 10.7 Å². The second kappa shape index (κ2) is 5.45. The lowest BCUT2D eigenvalue weighted by atomic mass is 10.3. The van der Waals surface area contributed by atoms with Gasteiger partial charge >= 0.3 is 0 Å². The quantitative estimate of drug-likeness (QED) is 0.695. The fourth-order valence-corrected chi connectivity index (χ4v) is 2.82. The van der Waals surface area contributed by atoms with Crippen molar-refractivity contribution in [2.75, 3.05) is 36.0 Å². The van der Waals surface area contributed by atoms with Gasteiger partial charge < -0.3 is 9.80 Å². The van der Waals surface area contributed by atoms with E-state index in [0.717, 1.165) is 55.0 Å². The number of hydrogen-bond donors (Lipinski definition) is 0. The third-order valence-corrected chi connectivity index (χ3v) is 4.07. The van der Waals surface area contributed by atoms with Crippen molar-refractivity contribution in [1.82, 2.24) is 29.8 Å². The second-order valence-electron chi connectivity index (χ2n) is 5.70. The van der Waals surface area contributed by atoms with Crippen LogP contribution in [0.4, 0.5) is 11.6 Å². The number of anilines is 2. The molecule has 1 saturated heterocycles. The predicted molar refractivity (Wildman–Crippen MR) is 86.7 cm³/mol. The molecule has 0 saturated carbocycles. The highest BCUT2D eigenvalue weighted by Gasteiger charge is 2.20. The fraction of sp³-hybridized carbons (Fsp3) is 0.400. The van der Waals surface area contributed by atoms with Crippen LogP contribution >= 0.6 is 0 Å². The lowest BCUT2D eigenvalue weighted by Crippen LogP contribution is -2.47. The van der Waals surface area contributed by atoms with Crippen LogP contribution in [0.3, 0.4) is 0 Å². The zero-order chi connectivity index (χ0) is 15.8. The molecule has 3 aromatic heterocycles. The molecule has 0 aliphatic carbocycles. The molecule has 0 amide bonds. The molecule has 23 heavy (non-hydrogen) atoms. The van der Waals surface area contributed by atoms with Gasteiger partial charge in [-0.2, -0.15) is 4.52 Å². The van der Waals surface area contributed by atoms with Crippen molar-refractivity contribution in [1.29, 1.82) is 0 Å². The van der Waals surface area contributed by atoms with Gasteiger partial charge in [0, 0.05) is 32.4 Å². The summed E-state index contributed by atoms with van der Waals surface area (Å²) in [5, 5.41) is 12.8. The number of rotatable bonds is 2. The molecule has 0 unspecified atom stereocenters. The maximum atomic E-state index is 4.64. The van der Waals surface area contributed by atoms with Crippen molar-refractivity contribution in [3.8, 4) is 0 Å². The van der Waals surface area contributed by atoms with E-state index in [1.807, 2.05) is 32.2 Å². The third-order valence-electron chi connectivity index (χ3n) is 4.07. The molecule has 0 bridgehead atoms. The third kappa shape index (κ3) is 2.56. The Morgan fingerprint density at radius 1 is 0.870 bits per heavy atom. The summed E-state index contributed by atoms with van der Waals surface area (Å²) in [5.41, 5.74) is 1.72. The van der Waals surface area contributed by atoms with Gasteiger partial charge in [-0.15, -0.1) is 15.3 Å². The molecular weight excluding hydrogens is 292 g/mol. The standard InChI is InChI=1S/C15H18N8/c1-11-9-16-10-15(17-11)22-7-5-21(6-8-22)14-4-3-13-19-18-12(2)23(13)20-14/h3-4,9-10H,5-8H2,1-2H3. The molecule has 4 rings (SSSR count). The van der Waals surface area contributed by atoms with Gasteiger partial charge in [0.15, 0.2) is 11.5 Å². The summed E-state index contributed by atoms with van der Waals surface area (Å²) >= 11 is 0. The van der Waals surface area contributed by atoms with E-state index < -0.39 is 0 Å². The molecule has 0 atom stereocenters. The maximum Gasteiger partial charge on any atom is 0.178 e. The molecule has 0 N–H and O–H groups in total. The molecule has 1 aliphatic heterocycles. The SMILES string of the molecule is Cc1cncc(N2CCN(c3ccc4nnc(C)n4n3)CC2)n1. The summed E-state index contributed by atoms with van der Waals surface area (Å²) in [4.78, 5) is 13.3. The van der Waals surface area contributed by atoms with Gasteiger partial charge in [0.05, 0.1) is 11.9 Å². The first-order chi connectivity index (χ1) is 11.2. The van der Waals surface area contributed by atoms with Crippen LogP contribution in [0.2, 0.25) is 0 Å². The van der Waals surface area contributed by atoms with Crippen molar-refractivity contribution in [3.05, 3.63) is 36.0 Å². The molecule has 0 aromatic carbocycles. The van der Waals surface area contributed by atoms with Gasteiger partial charge in [0.25, 0.3) is 0 Å². The number of aromatic nitrogens is 6. The summed E-state index contributed by atoms with van der Waals surface area (Å²) in [7, 11) is 0. The van der Waals surface area contributed by atoms with Crippen molar-refractivity contribution in [3.63, 3.8) is 0 Å². The van der Waals surface area contributed by atoms with Crippen LogP contribution in [0, 0.1) is 13.8 Å². The molecule has 118 valence electrons. The second-order valence-corrected chi connectivity index (χ2v) is 5.70. The Bertz CT molecular complexity index is 834. The monoisotopic (exact) mass is 310 g/mol. The Balaban J connectivity index is 1.51. The molecule has 8 nitrogen and oxygen atoms in total. The maximum absolute atomic E-state index is 4.64. The van der Waals surface area contributed by atoms with Gasteiger partial charge in [-0.05, 0) is 26.0 Å². The first-order valence-electron chi connectivity index (χ1n) is 7.68. The van der Waals surface area contributed by atoms with Crippen molar-refractivity contribution >= 4 is 17.3 Å². The highest BCUT2D eigenvalue weighted by molar-refractivity contribution is 5.48. The van der Waals surface area contributed by atoms with Gasteiger partial charge in [0.1, 0.15) is 11.6 Å². The number of aryl methyl sites for hydroxylation is 2. The van der Waals surface area contributed by atoms with Gasteiger partial charge in [-0.3, -0.25) is 4.98 Å². The Morgan fingerprint density at radius 2 is 1.61 bits per heavy atom. The molecule has 3 aromatic rings. The van der Waals surface area contributed by atoms with E-state index in [4.69, 9.17) is 0 Å². The first kappa shape index (κ1) is 13.9. The molecular formula is C15H18N8. The van der Waals surface area contributed by atoms with Crippen LogP contribution in [-0.4, -0.2) is 56.0 Å². The molecule has 1 aliphatic rings. The van der Waals surface area contributed by atoms with Crippen LogP contribution in [0.5, 0.6) is 0 Å². The molecule has 4 heterocycles. The lowest BCUT2D eigenvalue weighted by Gasteiger charge is -2.35. The number of hydrogen-bond acceptors (Lipinski definition) is 7. The van der Waals surface area contributed by atoms with E-state index in [-0.39, 0.29) is 0 Å². The van der Waals surface area contributed by atoms with Gasteiger partial charge in [0.2, 0.25) is 0 Å². The van der Waals surface area contributed by atoms with Crippen LogP contribution < -0.4 is 9.80 Å². The summed E-state index contributed by atoms with van der Waals surface area (Å²) in [6, 6.07) is 3.96. The van der Waals surface area contributed by atoms with Crippen LogP contribution in [0.25, 0.3) is 5.65 Å².